The van der Waals surface area contributed by atoms with Gasteiger partial charge in [-0.25, -0.2) is 13.1 Å². The Morgan fingerprint density at radius 2 is 1.63 bits per heavy atom. The van der Waals surface area contributed by atoms with Gasteiger partial charge in [-0.1, -0.05) is 11.6 Å². The molecule has 1 amide bonds. The average molecular weight is 413 g/mol. The van der Waals surface area contributed by atoms with Crippen LogP contribution in [0.4, 0.5) is 0 Å². The van der Waals surface area contributed by atoms with E-state index in [0.29, 0.717) is 23.9 Å². The van der Waals surface area contributed by atoms with Crippen molar-refractivity contribution >= 4 is 27.5 Å². The van der Waals surface area contributed by atoms with Gasteiger partial charge in [0.15, 0.2) is 0 Å². The number of hydrogen-bond acceptors (Lipinski definition) is 5. The Hall–Kier alpha value is -2.29. The van der Waals surface area contributed by atoms with Gasteiger partial charge in [-0.3, -0.25) is 4.79 Å². The van der Waals surface area contributed by atoms with Crippen molar-refractivity contribution in [3.05, 3.63) is 53.6 Å². The number of amides is 1. The first kappa shape index (κ1) is 21.0. The fourth-order valence-electron chi connectivity index (χ4n) is 2.12. The molecule has 146 valence electrons. The number of rotatable bonds is 10. The second kappa shape index (κ2) is 10.1. The molecule has 0 aliphatic rings. The maximum atomic E-state index is 12.1. The van der Waals surface area contributed by atoms with E-state index in [4.69, 9.17) is 21.1 Å². The molecule has 0 spiro atoms. The van der Waals surface area contributed by atoms with Gasteiger partial charge in [-0.15, -0.1) is 0 Å². The second-order valence-electron chi connectivity index (χ2n) is 5.48. The Labute approximate surface area is 163 Å². The minimum absolute atomic E-state index is 0.00384. The summed E-state index contributed by atoms with van der Waals surface area (Å²) in [7, 11) is -2.08. The van der Waals surface area contributed by atoms with Crippen LogP contribution in [0.1, 0.15) is 6.42 Å². The highest BCUT2D eigenvalue weighted by Gasteiger charge is 2.13. The molecule has 0 heterocycles. The summed E-state index contributed by atoms with van der Waals surface area (Å²) in [6, 6.07) is 12.9. The van der Waals surface area contributed by atoms with Crippen molar-refractivity contribution in [2.75, 3.05) is 26.8 Å². The van der Waals surface area contributed by atoms with E-state index in [0.717, 1.165) is 5.75 Å². The fourth-order valence-corrected chi connectivity index (χ4v) is 3.27. The zero-order valence-corrected chi connectivity index (χ0v) is 16.3. The fraction of sp³-hybridized carbons (Fsp3) is 0.278. The first-order valence-electron chi connectivity index (χ1n) is 8.19. The third kappa shape index (κ3) is 7.09. The first-order valence-corrected chi connectivity index (χ1v) is 10.1. The summed E-state index contributed by atoms with van der Waals surface area (Å²) >= 11 is 5.74. The summed E-state index contributed by atoms with van der Waals surface area (Å²) in [6.07, 6.45) is 0.0232. The molecule has 0 fully saturated rings. The lowest BCUT2D eigenvalue weighted by Gasteiger charge is -2.09. The van der Waals surface area contributed by atoms with Gasteiger partial charge in [-0.2, -0.15) is 0 Å². The normalized spacial score (nSPS) is 11.0. The van der Waals surface area contributed by atoms with Crippen LogP contribution in [-0.4, -0.2) is 41.1 Å². The van der Waals surface area contributed by atoms with E-state index in [-0.39, 0.29) is 23.8 Å². The molecule has 27 heavy (non-hydrogen) atoms. The predicted molar refractivity (Wildman–Crippen MR) is 103 cm³/mol. The van der Waals surface area contributed by atoms with Crippen LogP contribution in [0.5, 0.6) is 11.5 Å². The average Bonchev–Trinajstić information content (AvgIpc) is 2.66. The summed E-state index contributed by atoms with van der Waals surface area (Å²) < 4.78 is 37.1. The maximum Gasteiger partial charge on any atom is 0.240 e. The molecule has 0 saturated heterocycles. The number of nitrogens with one attached hydrogen (secondary N) is 2. The van der Waals surface area contributed by atoms with Crippen molar-refractivity contribution in [2.45, 2.75) is 11.3 Å². The van der Waals surface area contributed by atoms with Crippen LogP contribution in [0.25, 0.3) is 0 Å². The molecule has 2 rings (SSSR count). The van der Waals surface area contributed by atoms with Crippen LogP contribution >= 0.6 is 11.6 Å². The molecule has 0 radical (unpaired) electrons. The van der Waals surface area contributed by atoms with Crippen molar-refractivity contribution in [1.29, 1.82) is 0 Å². The first-order chi connectivity index (χ1) is 12.9. The number of sulfonamides is 1. The number of carbonyl (C=O) groups excluding carboxylic acids is 1. The second-order valence-corrected chi connectivity index (χ2v) is 7.68. The van der Waals surface area contributed by atoms with Gasteiger partial charge in [0.2, 0.25) is 15.9 Å². The molecule has 0 aliphatic carbocycles. The van der Waals surface area contributed by atoms with Gasteiger partial charge in [-0.05, 0) is 48.5 Å². The largest absolute Gasteiger partial charge is 0.497 e. The number of ether oxygens (including phenoxy) is 2. The highest BCUT2D eigenvalue weighted by atomic mass is 35.5. The summed E-state index contributed by atoms with van der Waals surface area (Å²) in [5.41, 5.74) is 0. The topological polar surface area (TPSA) is 93.7 Å². The molecule has 2 aromatic rings. The van der Waals surface area contributed by atoms with Crippen LogP contribution < -0.4 is 19.5 Å². The van der Waals surface area contributed by atoms with Crippen LogP contribution in [0.2, 0.25) is 5.02 Å². The van der Waals surface area contributed by atoms with Crippen molar-refractivity contribution in [1.82, 2.24) is 10.0 Å². The zero-order chi connectivity index (χ0) is 19.7. The van der Waals surface area contributed by atoms with Crippen molar-refractivity contribution in [3.63, 3.8) is 0 Å². The van der Waals surface area contributed by atoms with Crippen LogP contribution in [0.15, 0.2) is 53.4 Å². The van der Waals surface area contributed by atoms with Crippen LogP contribution in [-0.2, 0) is 14.8 Å². The highest BCUT2D eigenvalue weighted by molar-refractivity contribution is 7.89. The Kier molecular flexibility index (Phi) is 7.90. The smallest absolute Gasteiger partial charge is 0.240 e. The number of hydrogen-bond donors (Lipinski definition) is 2. The van der Waals surface area contributed by atoms with Gasteiger partial charge in [0.25, 0.3) is 0 Å². The molecule has 0 saturated carbocycles. The third-order valence-corrected chi connectivity index (χ3v) is 5.25. The lowest BCUT2D eigenvalue weighted by Crippen LogP contribution is -2.32. The van der Waals surface area contributed by atoms with Gasteiger partial charge >= 0.3 is 0 Å². The summed E-state index contributed by atoms with van der Waals surface area (Å²) in [5.74, 6) is 1.13. The van der Waals surface area contributed by atoms with Crippen molar-refractivity contribution in [3.8, 4) is 11.5 Å². The predicted octanol–water partition coefficient (Wildman–Crippen LogP) is 2.21. The van der Waals surface area contributed by atoms with E-state index in [2.05, 4.69) is 10.0 Å². The van der Waals surface area contributed by atoms with E-state index >= 15 is 0 Å². The minimum atomic E-state index is -3.66. The van der Waals surface area contributed by atoms with Gasteiger partial charge in [0, 0.05) is 18.0 Å². The molecule has 0 aromatic heterocycles. The SMILES string of the molecule is COc1ccc(OCCNC(=O)CCNS(=O)(=O)c2ccc(Cl)cc2)cc1. The lowest BCUT2D eigenvalue weighted by atomic mass is 10.3. The molecule has 7 nitrogen and oxygen atoms in total. The van der Waals surface area contributed by atoms with E-state index in [1.54, 1.807) is 31.4 Å². The number of methoxy groups -OCH3 is 1. The Bertz CT molecular complexity index is 839. The van der Waals surface area contributed by atoms with E-state index < -0.39 is 10.0 Å². The number of halogens is 1. The number of carbonyl (C=O) groups is 1. The van der Waals surface area contributed by atoms with Crippen molar-refractivity contribution in [2.24, 2.45) is 0 Å². The third-order valence-electron chi connectivity index (χ3n) is 3.52. The Morgan fingerprint density at radius 1 is 1.00 bits per heavy atom. The van der Waals surface area contributed by atoms with E-state index in [1.807, 2.05) is 0 Å². The van der Waals surface area contributed by atoms with Gasteiger partial charge in [0.05, 0.1) is 18.6 Å². The molecule has 0 unspecified atom stereocenters. The summed E-state index contributed by atoms with van der Waals surface area (Å²) in [6.45, 7) is 0.611. The molecule has 0 bridgehead atoms. The monoisotopic (exact) mass is 412 g/mol. The van der Waals surface area contributed by atoms with Gasteiger partial charge in [0.1, 0.15) is 18.1 Å². The quantitative estimate of drug-likeness (QED) is 0.583. The molecular formula is C18H21ClN2O5S. The zero-order valence-electron chi connectivity index (χ0n) is 14.8. The Balaban J connectivity index is 1.65. The summed E-state index contributed by atoms with van der Waals surface area (Å²) in [5, 5.41) is 3.12. The Morgan fingerprint density at radius 3 is 2.26 bits per heavy atom. The molecule has 0 aliphatic heterocycles. The minimum Gasteiger partial charge on any atom is -0.497 e. The highest BCUT2D eigenvalue weighted by Crippen LogP contribution is 2.16. The van der Waals surface area contributed by atoms with Gasteiger partial charge < -0.3 is 14.8 Å². The van der Waals surface area contributed by atoms with Crippen LogP contribution in [0.3, 0.4) is 0 Å². The molecular weight excluding hydrogens is 392 g/mol. The van der Waals surface area contributed by atoms with Crippen molar-refractivity contribution < 1.29 is 22.7 Å². The van der Waals surface area contributed by atoms with E-state index in [9.17, 15) is 13.2 Å². The molecule has 0 atom stereocenters. The molecule has 9 heteroatoms. The molecule has 2 aromatic carbocycles. The van der Waals surface area contributed by atoms with Crippen LogP contribution in [0, 0.1) is 0 Å². The maximum absolute atomic E-state index is 12.1. The standard InChI is InChI=1S/C18H21ClN2O5S/c1-25-15-4-6-16(7-5-15)26-13-12-20-18(22)10-11-21-27(23,24)17-8-2-14(19)3-9-17/h2-9,21H,10-13H2,1H3,(H,20,22). The lowest BCUT2D eigenvalue weighted by molar-refractivity contribution is -0.121. The molecule has 2 N–H and O–H groups in total. The number of benzene rings is 2. The summed E-state index contributed by atoms with van der Waals surface area (Å²) in [4.78, 5) is 11.9. The van der Waals surface area contributed by atoms with E-state index in [1.165, 1.54) is 24.3 Å².